The van der Waals surface area contributed by atoms with Crippen LogP contribution in [-0.4, -0.2) is 50.1 Å². The Morgan fingerprint density at radius 1 is 1.00 bits per heavy atom. The molecule has 1 amide bonds. The van der Waals surface area contributed by atoms with Crippen LogP contribution in [0, 0.1) is 0 Å². The van der Waals surface area contributed by atoms with E-state index < -0.39 is 0 Å². The summed E-state index contributed by atoms with van der Waals surface area (Å²) in [5.74, 6) is 0.676. The molecule has 3 rings (SSSR count). The van der Waals surface area contributed by atoms with Gasteiger partial charge in [-0.15, -0.1) is 0 Å². The lowest BCUT2D eigenvalue weighted by molar-refractivity contribution is -0.120. The topological polar surface area (TPSA) is 44.8 Å². The number of anilines is 2. The van der Waals surface area contributed by atoms with Gasteiger partial charge < -0.3 is 15.0 Å². The average molecular weight is 339 g/mol. The first-order valence-electron chi connectivity index (χ1n) is 8.67. The van der Waals surface area contributed by atoms with Gasteiger partial charge in [0.25, 0.3) is 0 Å². The molecule has 1 aliphatic heterocycles. The highest BCUT2D eigenvalue weighted by Crippen LogP contribution is 2.24. The Balaban J connectivity index is 1.57. The molecule has 5 nitrogen and oxygen atoms in total. The van der Waals surface area contributed by atoms with E-state index in [1.54, 1.807) is 7.11 Å². The van der Waals surface area contributed by atoms with Crippen LogP contribution in [0.4, 0.5) is 11.4 Å². The van der Waals surface area contributed by atoms with E-state index in [9.17, 15) is 4.79 Å². The number of methoxy groups -OCH3 is 1. The summed E-state index contributed by atoms with van der Waals surface area (Å²) in [5.41, 5.74) is 1.96. The average Bonchev–Trinajstić information content (AvgIpc) is 2.68. The highest BCUT2D eigenvalue weighted by Gasteiger charge is 2.26. The zero-order valence-electron chi connectivity index (χ0n) is 14.8. The number of nitrogens with zero attached hydrogens (tertiary/aromatic N) is 2. The van der Waals surface area contributed by atoms with Crippen molar-refractivity contribution in [3.63, 3.8) is 0 Å². The molecule has 1 aliphatic rings. The third-order valence-corrected chi connectivity index (χ3v) is 4.73. The Bertz CT molecular complexity index is 697. The molecule has 25 heavy (non-hydrogen) atoms. The molecule has 0 radical (unpaired) electrons. The lowest BCUT2D eigenvalue weighted by atomic mass is 10.2. The second-order valence-corrected chi connectivity index (χ2v) is 6.22. The molecule has 0 aliphatic carbocycles. The Kier molecular flexibility index (Phi) is 5.56. The third kappa shape index (κ3) is 4.12. The highest BCUT2D eigenvalue weighted by molar-refractivity contribution is 5.95. The van der Waals surface area contributed by atoms with Gasteiger partial charge in [-0.05, 0) is 31.2 Å². The molecule has 2 aromatic rings. The predicted octanol–water partition coefficient (Wildman–Crippen LogP) is 2.84. The maximum absolute atomic E-state index is 12.6. The van der Waals surface area contributed by atoms with E-state index in [4.69, 9.17) is 4.74 Å². The molecule has 132 valence electrons. The lowest BCUT2D eigenvalue weighted by Crippen LogP contribution is -2.52. The summed E-state index contributed by atoms with van der Waals surface area (Å²) < 4.78 is 5.30. The zero-order chi connectivity index (χ0) is 17.6. The number of carbonyl (C=O) groups is 1. The Hall–Kier alpha value is -2.53. The predicted molar refractivity (Wildman–Crippen MR) is 101 cm³/mol. The molecule has 0 bridgehead atoms. The van der Waals surface area contributed by atoms with E-state index in [-0.39, 0.29) is 11.9 Å². The lowest BCUT2D eigenvalue weighted by Gasteiger charge is -2.38. The summed E-state index contributed by atoms with van der Waals surface area (Å²) in [4.78, 5) is 17.2. The van der Waals surface area contributed by atoms with Crippen LogP contribution in [0.2, 0.25) is 0 Å². The fourth-order valence-corrected chi connectivity index (χ4v) is 3.16. The van der Waals surface area contributed by atoms with Gasteiger partial charge in [-0.2, -0.15) is 0 Å². The van der Waals surface area contributed by atoms with Crippen molar-refractivity contribution in [2.24, 2.45) is 0 Å². The number of carbonyl (C=O) groups excluding carboxylic acids is 1. The van der Waals surface area contributed by atoms with Crippen molar-refractivity contribution in [1.29, 1.82) is 0 Å². The maximum Gasteiger partial charge on any atom is 0.241 e. The van der Waals surface area contributed by atoms with E-state index in [2.05, 4.69) is 39.4 Å². The van der Waals surface area contributed by atoms with Crippen LogP contribution < -0.4 is 15.0 Å². The van der Waals surface area contributed by atoms with Gasteiger partial charge in [0.15, 0.2) is 0 Å². The van der Waals surface area contributed by atoms with Crippen LogP contribution in [-0.2, 0) is 4.79 Å². The van der Waals surface area contributed by atoms with Crippen molar-refractivity contribution < 1.29 is 9.53 Å². The molecule has 0 spiro atoms. The van der Waals surface area contributed by atoms with Crippen LogP contribution in [0.5, 0.6) is 5.75 Å². The number of rotatable bonds is 5. The fourth-order valence-electron chi connectivity index (χ4n) is 3.16. The van der Waals surface area contributed by atoms with Crippen molar-refractivity contribution in [2.45, 2.75) is 13.0 Å². The van der Waals surface area contributed by atoms with E-state index >= 15 is 0 Å². The number of ether oxygens (including phenoxy) is 1. The van der Waals surface area contributed by atoms with Crippen molar-refractivity contribution in [1.82, 2.24) is 4.90 Å². The second-order valence-electron chi connectivity index (χ2n) is 6.22. The van der Waals surface area contributed by atoms with Gasteiger partial charge in [0.2, 0.25) is 5.91 Å². The molecule has 1 fully saturated rings. The van der Waals surface area contributed by atoms with Gasteiger partial charge in [-0.3, -0.25) is 9.69 Å². The fraction of sp³-hybridized carbons (Fsp3) is 0.350. The van der Waals surface area contributed by atoms with Crippen LogP contribution in [0.25, 0.3) is 0 Å². The summed E-state index contributed by atoms with van der Waals surface area (Å²) in [5, 5.41) is 2.98. The van der Waals surface area contributed by atoms with Crippen LogP contribution in [0.1, 0.15) is 6.92 Å². The van der Waals surface area contributed by atoms with Gasteiger partial charge in [0.05, 0.1) is 18.8 Å². The summed E-state index contributed by atoms with van der Waals surface area (Å²) in [6, 6.07) is 17.7. The summed E-state index contributed by atoms with van der Waals surface area (Å²) in [7, 11) is 1.61. The molecular weight excluding hydrogens is 314 g/mol. The standard InChI is InChI=1S/C20H25N3O2/c1-16(20(24)21-18-10-6-7-11-19(18)25-2)22-12-14-23(15-13-22)17-8-4-3-5-9-17/h3-11,16H,12-15H2,1-2H3,(H,21,24). The smallest absolute Gasteiger partial charge is 0.241 e. The van der Waals surface area contributed by atoms with Gasteiger partial charge in [0, 0.05) is 31.9 Å². The Morgan fingerprint density at radius 3 is 2.32 bits per heavy atom. The van der Waals surface area contributed by atoms with Crippen LogP contribution >= 0.6 is 0 Å². The number of amides is 1. The van der Waals surface area contributed by atoms with Crippen molar-refractivity contribution in [3.8, 4) is 5.75 Å². The summed E-state index contributed by atoms with van der Waals surface area (Å²) in [6.45, 7) is 5.56. The van der Waals surface area contributed by atoms with Crippen molar-refractivity contribution in [3.05, 3.63) is 54.6 Å². The first kappa shape index (κ1) is 17.3. The zero-order valence-corrected chi connectivity index (χ0v) is 14.8. The minimum atomic E-state index is -0.178. The Labute approximate surface area is 149 Å². The van der Waals surface area contributed by atoms with Gasteiger partial charge >= 0.3 is 0 Å². The molecule has 5 heteroatoms. The molecule has 1 atom stereocenters. The molecule has 0 aromatic heterocycles. The van der Waals surface area contributed by atoms with E-state index in [0.29, 0.717) is 11.4 Å². The molecule has 1 saturated heterocycles. The number of hydrogen-bond donors (Lipinski definition) is 1. The monoisotopic (exact) mass is 339 g/mol. The molecule has 2 aromatic carbocycles. The Morgan fingerprint density at radius 2 is 1.64 bits per heavy atom. The molecule has 1 heterocycles. The number of hydrogen-bond acceptors (Lipinski definition) is 4. The van der Waals surface area contributed by atoms with E-state index in [0.717, 1.165) is 26.2 Å². The molecule has 0 saturated carbocycles. The molecular formula is C20H25N3O2. The molecule has 1 unspecified atom stereocenters. The number of piperazine rings is 1. The first-order valence-corrected chi connectivity index (χ1v) is 8.67. The number of para-hydroxylation sites is 3. The molecule has 1 N–H and O–H groups in total. The number of benzene rings is 2. The second kappa shape index (κ2) is 8.03. The van der Waals surface area contributed by atoms with Crippen LogP contribution in [0.15, 0.2) is 54.6 Å². The quantitative estimate of drug-likeness (QED) is 0.910. The highest BCUT2D eigenvalue weighted by atomic mass is 16.5. The van der Waals surface area contributed by atoms with Gasteiger partial charge in [0.1, 0.15) is 5.75 Å². The normalized spacial score (nSPS) is 16.3. The minimum Gasteiger partial charge on any atom is -0.495 e. The first-order chi connectivity index (χ1) is 12.2. The van der Waals surface area contributed by atoms with Crippen molar-refractivity contribution in [2.75, 3.05) is 43.5 Å². The van der Waals surface area contributed by atoms with Gasteiger partial charge in [-0.25, -0.2) is 0 Å². The van der Waals surface area contributed by atoms with Gasteiger partial charge in [-0.1, -0.05) is 30.3 Å². The largest absolute Gasteiger partial charge is 0.495 e. The van der Waals surface area contributed by atoms with Crippen LogP contribution in [0.3, 0.4) is 0 Å². The number of nitrogens with one attached hydrogen (secondary N) is 1. The summed E-state index contributed by atoms with van der Waals surface area (Å²) in [6.07, 6.45) is 0. The van der Waals surface area contributed by atoms with E-state index in [1.165, 1.54) is 5.69 Å². The van der Waals surface area contributed by atoms with Crippen molar-refractivity contribution >= 4 is 17.3 Å². The third-order valence-electron chi connectivity index (χ3n) is 4.73. The summed E-state index contributed by atoms with van der Waals surface area (Å²) >= 11 is 0. The minimum absolute atomic E-state index is 0.00217. The maximum atomic E-state index is 12.6. The SMILES string of the molecule is COc1ccccc1NC(=O)C(C)N1CCN(c2ccccc2)CC1. The van der Waals surface area contributed by atoms with E-state index in [1.807, 2.05) is 37.3 Å².